The Hall–Kier alpha value is -7.10. The van der Waals surface area contributed by atoms with E-state index in [0.717, 1.165) is 19.6 Å². The van der Waals surface area contributed by atoms with Crippen LogP contribution in [0.1, 0.15) is 64.1 Å². The van der Waals surface area contributed by atoms with Crippen LogP contribution in [0.15, 0.2) is 59.2 Å². The molecule has 4 amide bonds. The van der Waals surface area contributed by atoms with Crippen LogP contribution < -0.4 is 37.0 Å². The topological polar surface area (TPSA) is 256 Å². The van der Waals surface area contributed by atoms with E-state index in [1.807, 2.05) is 26.0 Å². The molecular weight excluding hydrogens is 837 g/mol. The predicted octanol–water partition coefficient (Wildman–Crippen LogP) is 3.10. The SMILES string of the molecule is CCN=C(/C=C(/C)N)C(=O)Nc1nc2cc(C(=O)N(C)NC)cc(OCCCN3CCOCC3)c2n1C/C=C/Cn1c(NC(=O)c2cc(C)nn2CC)nc2cc(C(N)=O)cc(OC)c21. The fourth-order valence-electron chi connectivity index (χ4n) is 7.36. The molecule has 0 unspecified atom stereocenters. The first kappa shape index (κ1) is 47.4. The molecule has 7 N–H and O–H groups in total. The number of aliphatic imine (C=N–C) groups is 1. The number of imidazole rings is 2. The highest BCUT2D eigenvalue weighted by Crippen LogP contribution is 2.33. The molecule has 1 aliphatic heterocycles. The van der Waals surface area contributed by atoms with Gasteiger partial charge in [-0.1, -0.05) is 12.2 Å². The van der Waals surface area contributed by atoms with E-state index >= 15 is 0 Å². The normalized spacial score (nSPS) is 13.8. The summed E-state index contributed by atoms with van der Waals surface area (Å²) < 4.78 is 22.8. The van der Waals surface area contributed by atoms with Crippen molar-refractivity contribution in [2.24, 2.45) is 16.5 Å². The maximum absolute atomic E-state index is 13.8. The molecule has 1 aliphatic rings. The fraction of sp³-hybridized carbons (Fsp3) is 0.409. The molecule has 6 rings (SSSR count). The first-order chi connectivity index (χ1) is 31.3. The summed E-state index contributed by atoms with van der Waals surface area (Å²) in [7, 11) is 4.72. The highest BCUT2D eigenvalue weighted by atomic mass is 16.5. The number of nitrogens with one attached hydrogen (secondary N) is 3. The number of hydrogen-bond donors (Lipinski definition) is 5. The quantitative estimate of drug-likeness (QED) is 0.0326. The van der Waals surface area contributed by atoms with Gasteiger partial charge in [-0.05, 0) is 70.5 Å². The number of carbonyl (C=O) groups is 4. The van der Waals surface area contributed by atoms with E-state index in [-0.39, 0.29) is 42.2 Å². The molecular formula is C44H58N14O7. The average Bonchev–Trinajstić information content (AvgIpc) is 3.97. The second kappa shape index (κ2) is 21.5. The minimum Gasteiger partial charge on any atom is -0.494 e. The van der Waals surface area contributed by atoms with Crippen molar-refractivity contribution in [2.75, 3.05) is 77.8 Å². The lowest BCUT2D eigenvalue weighted by molar-refractivity contribution is -0.110. The highest BCUT2D eigenvalue weighted by molar-refractivity contribution is 6.47. The van der Waals surface area contributed by atoms with Crippen LogP contribution in [0, 0.1) is 6.92 Å². The van der Waals surface area contributed by atoms with Gasteiger partial charge >= 0.3 is 0 Å². The summed E-state index contributed by atoms with van der Waals surface area (Å²) in [5.74, 6) is -0.920. The number of anilines is 2. The number of fused-ring (bicyclic) bond motifs is 2. The van der Waals surface area contributed by atoms with Crippen molar-refractivity contribution in [2.45, 2.75) is 53.8 Å². The zero-order valence-electron chi connectivity index (χ0n) is 37.9. The number of hydrogen-bond acceptors (Lipinski definition) is 14. The number of amides is 4. The van der Waals surface area contributed by atoms with Gasteiger partial charge in [0.15, 0.2) is 0 Å². The van der Waals surface area contributed by atoms with Gasteiger partial charge < -0.3 is 34.8 Å². The van der Waals surface area contributed by atoms with Gasteiger partial charge in [0.05, 0.1) is 43.7 Å². The van der Waals surface area contributed by atoms with Crippen LogP contribution in [0.25, 0.3) is 22.1 Å². The maximum Gasteiger partial charge on any atom is 0.276 e. The van der Waals surface area contributed by atoms with E-state index in [1.165, 1.54) is 30.3 Å². The Morgan fingerprint density at radius 3 is 2.15 bits per heavy atom. The highest BCUT2D eigenvalue weighted by Gasteiger charge is 2.24. The van der Waals surface area contributed by atoms with Gasteiger partial charge in [0, 0.05) is 76.7 Å². The third kappa shape index (κ3) is 11.2. The Kier molecular flexibility index (Phi) is 15.7. The van der Waals surface area contributed by atoms with Crippen LogP contribution in [0.3, 0.4) is 0 Å². The molecule has 0 atom stereocenters. The van der Waals surface area contributed by atoms with Crippen molar-refractivity contribution in [3.05, 3.63) is 76.8 Å². The second-order valence-electron chi connectivity index (χ2n) is 15.2. The summed E-state index contributed by atoms with van der Waals surface area (Å²) in [6.07, 6.45) is 5.90. The first-order valence-electron chi connectivity index (χ1n) is 21.4. The Labute approximate surface area is 376 Å². The van der Waals surface area contributed by atoms with Gasteiger partial charge in [-0.25, -0.2) is 15.4 Å². The lowest BCUT2D eigenvalue weighted by Gasteiger charge is -2.26. The standard InChI is InChI=1S/C44H58N14O7/c1-8-48-33(21-27(3)45)40(60)51-43-50-32-24-30(42(62)54(6)47-5)26-36(65-18-12-13-55-16-19-64-20-17-55)38(32)57(43)15-11-10-14-56-37-31(23-29(39(46)59)25-35(37)63-7)49-44(56)52-41(61)34-22-28(4)53-58(34)9-2/h10-11,21-26,47H,8-9,12-20,45H2,1-7H3,(H2,46,59)(H,49,52,61)(H,50,51,60)/b11-10+,27-21-,48-33?. The van der Waals surface area contributed by atoms with Gasteiger partial charge in [0.25, 0.3) is 17.7 Å². The van der Waals surface area contributed by atoms with Crippen LogP contribution in [-0.4, -0.2) is 135 Å². The van der Waals surface area contributed by atoms with Crippen molar-refractivity contribution in [3.8, 4) is 11.5 Å². The number of aromatic nitrogens is 6. The van der Waals surface area contributed by atoms with Crippen molar-refractivity contribution in [3.63, 3.8) is 0 Å². The number of carbonyl (C=O) groups excluding carboxylic acids is 4. The van der Waals surface area contributed by atoms with E-state index in [1.54, 1.807) is 60.0 Å². The Balaban J connectivity index is 1.41. The number of allylic oxidation sites excluding steroid dienone is 3. The van der Waals surface area contributed by atoms with E-state index in [2.05, 4.69) is 31.1 Å². The summed E-state index contributed by atoms with van der Waals surface area (Å²) in [4.78, 5) is 69.6. The van der Waals surface area contributed by atoms with Crippen molar-refractivity contribution in [1.82, 2.24) is 44.2 Å². The molecule has 0 spiro atoms. The van der Waals surface area contributed by atoms with Crippen LogP contribution in [0.4, 0.5) is 11.9 Å². The smallest absolute Gasteiger partial charge is 0.276 e. The van der Waals surface area contributed by atoms with Gasteiger partial charge in [-0.15, -0.1) is 0 Å². The number of rotatable bonds is 20. The zero-order valence-corrected chi connectivity index (χ0v) is 37.9. The number of primary amides is 1. The molecule has 0 bridgehead atoms. The third-order valence-corrected chi connectivity index (χ3v) is 10.5. The van der Waals surface area contributed by atoms with Crippen LogP contribution in [0.5, 0.6) is 11.5 Å². The van der Waals surface area contributed by atoms with Crippen LogP contribution in [0.2, 0.25) is 0 Å². The molecule has 346 valence electrons. The van der Waals surface area contributed by atoms with Crippen molar-refractivity contribution >= 4 is 63.3 Å². The lowest BCUT2D eigenvalue weighted by Crippen LogP contribution is -2.37. The Morgan fingerprint density at radius 1 is 0.923 bits per heavy atom. The third-order valence-electron chi connectivity index (χ3n) is 10.5. The number of nitrogens with zero attached hydrogens (tertiary/aromatic N) is 9. The van der Waals surface area contributed by atoms with Gasteiger partial charge in [0.2, 0.25) is 17.8 Å². The molecule has 21 nitrogen and oxygen atoms in total. The van der Waals surface area contributed by atoms with E-state index in [0.29, 0.717) is 95.5 Å². The van der Waals surface area contributed by atoms with Crippen LogP contribution >= 0.6 is 0 Å². The summed E-state index contributed by atoms with van der Waals surface area (Å²) in [5.41, 5.74) is 18.3. The first-order valence-corrected chi connectivity index (χ1v) is 21.4. The summed E-state index contributed by atoms with van der Waals surface area (Å²) in [6, 6.07) is 8.08. The zero-order chi connectivity index (χ0) is 46.8. The predicted molar refractivity (Wildman–Crippen MR) is 247 cm³/mol. The summed E-state index contributed by atoms with van der Waals surface area (Å²) >= 11 is 0. The van der Waals surface area contributed by atoms with Gasteiger partial charge in [0.1, 0.15) is 33.9 Å². The molecule has 1 saturated heterocycles. The minimum absolute atomic E-state index is 0.111. The molecule has 65 heavy (non-hydrogen) atoms. The number of ether oxygens (including phenoxy) is 3. The molecule has 3 aromatic heterocycles. The van der Waals surface area contributed by atoms with E-state index in [9.17, 15) is 19.2 Å². The summed E-state index contributed by atoms with van der Waals surface area (Å²) in [5, 5.41) is 11.6. The number of methoxy groups -OCH3 is 1. The average molecular weight is 895 g/mol. The molecule has 1 fully saturated rings. The molecule has 2 aromatic carbocycles. The number of aryl methyl sites for hydroxylation is 2. The Morgan fingerprint density at radius 2 is 1.55 bits per heavy atom. The molecule has 0 radical (unpaired) electrons. The largest absolute Gasteiger partial charge is 0.494 e. The second-order valence-corrected chi connectivity index (χ2v) is 15.2. The summed E-state index contributed by atoms with van der Waals surface area (Å²) in [6.45, 7) is 12.4. The fourth-order valence-corrected chi connectivity index (χ4v) is 7.36. The van der Waals surface area contributed by atoms with E-state index < -0.39 is 17.7 Å². The van der Waals surface area contributed by atoms with Crippen molar-refractivity contribution in [1.29, 1.82) is 0 Å². The van der Waals surface area contributed by atoms with Gasteiger partial charge in [-0.3, -0.25) is 49.4 Å². The maximum atomic E-state index is 13.8. The molecule has 0 aliphatic carbocycles. The number of hydrazine groups is 1. The molecule has 5 aromatic rings. The van der Waals surface area contributed by atoms with E-state index in [4.69, 9.17) is 35.6 Å². The molecule has 4 heterocycles. The van der Waals surface area contributed by atoms with Gasteiger partial charge in [-0.2, -0.15) is 5.10 Å². The number of morpholine rings is 1. The number of benzene rings is 2. The van der Waals surface area contributed by atoms with Crippen molar-refractivity contribution < 1.29 is 33.4 Å². The van der Waals surface area contributed by atoms with Crippen LogP contribution in [-0.2, 0) is 29.2 Å². The molecule has 0 saturated carbocycles. The number of nitrogens with two attached hydrogens (primary N) is 2. The Bertz CT molecular complexity index is 2650. The minimum atomic E-state index is -0.670. The lowest BCUT2D eigenvalue weighted by atomic mass is 10.1. The molecule has 21 heteroatoms. The monoisotopic (exact) mass is 894 g/mol.